The van der Waals surface area contributed by atoms with Crippen molar-refractivity contribution in [1.82, 2.24) is 9.97 Å². The predicted octanol–water partition coefficient (Wildman–Crippen LogP) is 9.44. The van der Waals surface area contributed by atoms with Crippen molar-refractivity contribution in [3.8, 4) is 16.5 Å². The summed E-state index contributed by atoms with van der Waals surface area (Å²) in [6.07, 6.45) is 3.06. The van der Waals surface area contributed by atoms with Gasteiger partial charge in [0.1, 0.15) is 12.0 Å². The molecule has 0 aliphatic carbocycles. The number of nitrogens with zero attached hydrogens (tertiary/aromatic N) is 2. The van der Waals surface area contributed by atoms with Gasteiger partial charge in [-0.2, -0.15) is 0 Å². The first-order valence-corrected chi connectivity index (χ1v) is 10.4. The van der Waals surface area contributed by atoms with Crippen LogP contribution in [-0.4, -0.2) is 21.9 Å². The van der Waals surface area contributed by atoms with Gasteiger partial charge in [0.05, 0.1) is 33.8 Å². The number of benzene rings is 1. The van der Waals surface area contributed by atoms with Crippen molar-refractivity contribution in [2.24, 2.45) is 5.92 Å². The lowest BCUT2D eigenvalue weighted by Crippen LogP contribution is -2.08. The number of hydrogen-bond donors (Lipinski definition) is 0. The van der Waals surface area contributed by atoms with E-state index in [1.54, 1.807) is 17.4 Å². The molecule has 0 spiro atoms. The third-order valence-electron chi connectivity index (χ3n) is 3.97. The van der Waals surface area contributed by atoms with Crippen molar-refractivity contribution >= 4 is 28.2 Å². The van der Waals surface area contributed by atoms with Crippen molar-refractivity contribution in [3.63, 3.8) is 0 Å². The molecule has 0 amide bonds. The molecular weight excluding hydrogens is 444 g/mol. The lowest BCUT2D eigenvalue weighted by atomic mass is 10.0. The summed E-state index contributed by atoms with van der Waals surface area (Å²) in [6.45, 7) is 7.73. The molecule has 5 nitrogen and oxygen atoms in total. The maximum atomic E-state index is 11.1. The first kappa shape index (κ1) is 35.6. The van der Waals surface area contributed by atoms with Gasteiger partial charge in [0, 0.05) is 5.92 Å². The van der Waals surface area contributed by atoms with Gasteiger partial charge >= 0.3 is 0 Å². The average molecular weight is 489 g/mol. The van der Waals surface area contributed by atoms with Crippen molar-refractivity contribution in [2.45, 2.75) is 70.9 Å². The van der Waals surface area contributed by atoms with Gasteiger partial charge < -0.3 is 9.15 Å². The highest BCUT2D eigenvalue weighted by atomic mass is 32.1. The van der Waals surface area contributed by atoms with E-state index >= 15 is 0 Å². The fourth-order valence-corrected chi connectivity index (χ4v) is 3.31. The summed E-state index contributed by atoms with van der Waals surface area (Å²) in [7, 11) is 0. The van der Waals surface area contributed by atoms with Crippen LogP contribution in [0.25, 0.3) is 21.6 Å². The fraction of sp³-hybridized carbons (Fsp3) is 0.393. The van der Waals surface area contributed by atoms with E-state index in [1.807, 2.05) is 69.5 Å². The molecule has 0 unspecified atom stereocenters. The summed E-state index contributed by atoms with van der Waals surface area (Å²) in [6, 6.07) is 13.6. The molecular formula is C28H44N2O3S. The molecule has 0 fully saturated rings. The molecule has 6 heteroatoms. The number of hydrogen-bond acceptors (Lipinski definition) is 6. The molecule has 0 aliphatic heterocycles. The Morgan fingerprint density at radius 1 is 0.882 bits per heavy atom. The number of aromatic nitrogens is 2. The van der Waals surface area contributed by atoms with Gasteiger partial charge in [-0.25, -0.2) is 9.97 Å². The Kier molecular flexibility index (Phi) is 17.4. The summed E-state index contributed by atoms with van der Waals surface area (Å²) in [5, 5.41) is 2.03. The first-order valence-electron chi connectivity index (χ1n) is 9.49. The van der Waals surface area contributed by atoms with E-state index in [4.69, 9.17) is 14.1 Å². The quantitative estimate of drug-likeness (QED) is 0.262. The van der Waals surface area contributed by atoms with Crippen LogP contribution < -0.4 is 4.74 Å². The molecule has 0 saturated carbocycles. The van der Waals surface area contributed by atoms with Crippen molar-refractivity contribution in [3.05, 3.63) is 65.9 Å². The van der Waals surface area contributed by atoms with Crippen LogP contribution in [0.1, 0.15) is 75.2 Å². The van der Waals surface area contributed by atoms with E-state index in [0.717, 1.165) is 21.6 Å². The molecule has 0 aliphatic rings. The van der Waals surface area contributed by atoms with Crippen LogP contribution in [0.2, 0.25) is 0 Å². The molecule has 0 bridgehead atoms. The fourth-order valence-electron chi connectivity index (χ4n) is 2.60. The van der Waals surface area contributed by atoms with E-state index < -0.39 is 0 Å². The molecule has 0 radical (unpaired) electrons. The largest absolute Gasteiger partial charge is 0.473 e. The third kappa shape index (κ3) is 9.10. The van der Waals surface area contributed by atoms with Crippen LogP contribution >= 0.6 is 11.3 Å². The standard InChI is InChI=1S/C15H14N2OS.C8H10O2.5CH4/c1-10(2)18-15-14(13-8-5-9-19-13)16-11-6-3-4-7-12(11)17-15;1-6(2)8(9)7-3-4-10-5-7;;;;;/h3-10H,1-2H3;3-6H,1-2H3;5*1H4. The Morgan fingerprint density at radius 3 is 1.97 bits per heavy atom. The van der Waals surface area contributed by atoms with E-state index in [9.17, 15) is 4.79 Å². The summed E-state index contributed by atoms with van der Waals surface area (Å²) in [5.41, 5.74) is 3.23. The minimum absolute atomic E-state index is 0. The number of carbonyl (C=O) groups excluding carboxylic acids is 1. The Balaban J connectivity index is -0.000000563. The Morgan fingerprint density at radius 2 is 1.50 bits per heavy atom. The summed E-state index contributed by atoms with van der Waals surface area (Å²) >= 11 is 1.64. The minimum atomic E-state index is 0. The average Bonchev–Trinajstić information content (AvgIpc) is 3.41. The zero-order valence-electron chi connectivity index (χ0n) is 17.0. The van der Waals surface area contributed by atoms with Gasteiger partial charge in [-0.05, 0) is 43.5 Å². The van der Waals surface area contributed by atoms with Crippen LogP contribution in [0.4, 0.5) is 0 Å². The van der Waals surface area contributed by atoms with Gasteiger partial charge in [-0.1, -0.05) is 69.2 Å². The van der Waals surface area contributed by atoms with Gasteiger partial charge in [0.25, 0.3) is 0 Å². The molecule has 1 aromatic carbocycles. The number of fused-ring (bicyclic) bond motifs is 1. The van der Waals surface area contributed by atoms with Crippen LogP contribution in [0.15, 0.2) is 64.8 Å². The maximum Gasteiger partial charge on any atom is 0.242 e. The number of para-hydroxylation sites is 2. The Hall–Kier alpha value is -2.99. The zero-order valence-corrected chi connectivity index (χ0v) is 17.8. The first-order chi connectivity index (χ1) is 14.0. The molecule has 3 heterocycles. The zero-order chi connectivity index (χ0) is 20.8. The van der Waals surface area contributed by atoms with Crippen molar-refractivity contribution in [2.75, 3.05) is 0 Å². The number of ketones is 1. The van der Waals surface area contributed by atoms with E-state index in [-0.39, 0.29) is 54.9 Å². The number of furan rings is 1. The highest BCUT2D eigenvalue weighted by molar-refractivity contribution is 7.13. The van der Waals surface area contributed by atoms with Crippen LogP contribution in [0, 0.1) is 5.92 Å². The molecule has 0 atom stereocenters. The second-order valence-electron chi connectivity index (χ2n) is 7.04. The third-order valence-corrected chi connectivity index (χ3v) is 4.85. The summed E-state index contributed by atoms with van der Waals surface area (Å²) in [5.74, 6) is 0.794. The molecule has 0 saturated heterocycles. The highest BCUT2D eigenvalue weighted by Gasteiger charge is 2.14. The minimum Gasteiger partial charge on any atom is -0.473 e. The molecule has 3 aromatic heterocycles. The van der Waals surface area contributed by atoms with Gasteiger partial charge in [0.15, 0.2) is 5.78 Å². The van der Waals surface area contributed by atoms with Gasteiger partial charge in [-0.3, -0.25) is 4.79 Å². The maximum absolute atomic E-state index is 11.1. The summed E-state index contributed by atoms with van der Waals surface area (Å²) in [4.78, 5) is 21.5. The number of ether oxygens (including phenoxy) is 1. The topological polar surface area (TPSA) is 65.2 Å². The Labute approximate surface area is 211 Å². The van der Waals surface area contributed by atoms with Crippen LogP contribution in [-0.2, 0) is 0 Å². The van der Waals surface area contributed by atoms with Crippen molar-refractivity contribution < 1.29 is 13.9 Å². The van der Waals surface area contributed by atoms with E-state index in [1.165, 1.54) is 12.5 Å². The number of Topliss-reactive ketones (excluding diaryl/α,β-unsaturated/α-hetero) is 1. The smallest absolute Gasteiger partial charge is 0.242 e. The monoisotopic (exact) mass is 488 g/mol. The lowest BCUT2D eigenvalue weighted by Gasteiger charge is -2.12. The van der Waals surface area contributed by atoms with Crippen LogP contribution in [0.3, 0.4) is 0 Å². The second kappa shape index (κ2) is 16.6. The second-order valence-corrected chi connectivity index (χ2v) is 7.99. The van der Waals surface area contributed by atoms with Gasteiger partial charge in [0.2, 0.25) is 5.88 Å². The normalized spacial score (nSPS) is 9.24. The number of rotatable bonds is 5. The molecule has 190 valence electrons. The Bertz CT molecular complexity index is 1060. The number of thiophene rings is 1. The predicted molar refractivity (Wildman–Crippen MR) is 150 cm³/mol. The summed E-state index contributed by atoms with van der Waals surface area (Å²) < 4.78 is 10.6. The van der Waals surface area contributed by atoms with Gasteiger partial charge in [-0.15, -0.1) is 11.3 Å². The lowest BCUT2D eigenvalue weighted by molar-refractivity contribution is 0.0938. The highest BCUT2D eigenvalue weighted by Crippen LogP contribution is 2.32. The van der Waals surface area contributed by atoms with E-state index in [2.05, 4.69) is 4.98 Å². The SMILES string of the molecule is C.C.C.C.C.CC(C)C(=O)c1ccoc1.CC(C)Oc1nc2ccccc2nc1-c1cccs1. The van der Waals surface area contributed by atoms with Crippen LogP contribution in [0.5, 0.6) is 5.88 Å². The molecule has 0 N–H and O–H groups in total. The van der Waals surface area contributed by atoms with Crippen molar-refractivity contribution in [1.29, 1.82) is 0 Å². The number of carbonyl (C=O) groups is 1. The van der Waals surface area contributed by atoms with E-state index in [0.29, 0.717) is 11.4 Å². The molecule has 34 heavy (non-hydrogen) atoms. The molecule has 4 aromatic rings. The molecule has 4 rings (SSSR count).